The van der Waals surface area contributed by atoms with Crippen LogP contribution in [0.2, 0.25) is 0 Å². The molecule has 0 fully saturated rings. The van der Waals surface area contributed by atoms with Gasteiger partial charge >= 0.3 is 0 Å². The summed E-state index contributed by atoms with van der Waals surface area (Å²) in [6, 6.07) is -2.75. The fraction of sp³-hybridized carbons (Fsp3) is 0.700. The molecule has 0 aliphatic rings. The number of hydrogen-bond donors (Lipinski definition) is 9. The molecule has 0 aromatic heterocycles. The van der Waals surface area contributed by atoms with E-state index in [0.717, 1.165) is 0 Å². The Morgan fingerprint density at radius 2 is 1.37 bits per heavy atom. The van der Waals surface area contributed by atoms with E-state index in [1.165, 1.54) is 0 Å². The summed E-state index contributed by atoms with van der Waals surface area (Å²) >= 11 is 0. The average molecular weight is 500 g/mol. The van der Waals surface area contributed by atoms with Gasteiger partial charge in [0.15, 0.2) is 11.9 Å². The first-order chi connectivity index (χ1) is 16.4. The normalized spacial score (nSPS) is 13.9. The molecule has 4 amide bonds. The van der Waals surface area contributed by atoms with Crippen molar-refractivity contribution in [3.63, 3.8) is 0 Å². The highest BCUT2D eigenvalue weighted by molar-refractivity contribution is 5.93. The molecule has 0 bridgehead atoms. The second-order valence-electron chi connectivity index (χ2n) is 8.12. The Morgan fingerprint density at radius 3 is 1.86 bits per heavy atom. The van der Waals surface area contributed by atoms with Gasteiger partial charge in [0, 0.05) is 13.1 Å². The zero-order valence-corrected chi connectivity index (χ0v) is 20.5. The Labute approximate surface area is 205 Å². The van der Waals surface area contributed by atoms with Crippen LogP contribution in [0.15, 0.2) is 9.98 Å². The van der Waals surface area contributed by atoms with E-state index >= 15 is 0 Å². The zero-order valence-electron chi connectivity index (χ0n) is 20.5. The van der Waals surface area contributed by atoms with Crippen LogP contribution >= 0.6 is 0 Å². The number of nitrogens with one attached hydrogen (secondary N) is 3. The van der Waals surface area contributed by atoms with E-state index < -0.39 is 48.3 Å². The van der Waals surface area contributed by atoms with Crippen LogP contribution in [-0.2, 0) is 19.2 Å². The van der Waals surface area contributed by atoms with Crippen molar-refractivity contribution in [2.45, 2.75) is 64.1 Å². The Bertz CT molecular complexity index is 764. The Balaban J connectivity index is 5.02. The van der Waals surface area contributed by atoms with Crippen LogP contribution in [0.5, 0.6) is 0 Å². The van der Waals surface area contributed by atoms with Crippen LogP contribution in [0.25, 0.3) is 0 Å². The van der Waals surface area contributed by atoms with Gasteiger partial charge in [-0.05, 0) is 31.6 Å². The SMILES string of the molecule is CC[C@H](C)[C@H](NC(=O)CNC(=O)[C@H](CCCN=C(N)N)NC(=O)[C@@H](N)CCCN=C(N)N)C(N)=O. The molecule has 35 heavy (non-hydrogen) atoms. The van der Waals surface area contributed by atoms with Crippen molar-refractivity contribution in [3.8, 4) is 0 Å². The molecule has 0 aliphatic carbocycles. The van der Waals surface area contributed by atoms with E-state index in [4.69, 9.17) is 34.4 Å². The molecular formula is C20H41N11O4. The van der Waals surface area contributed by atoms with Gasteiger partial charge in [-0.3, -0.25) is 29.2 Å². The first-order valence-corrected chi connectivity index (χ1v) is 11.4. The smallest absolute Gasteiger partial charge is 0.243 e. The van der Waals surface area contributed by atoms with Crippen molar-refractivity contribution in [3.05, 3.63) is 0 Å². The summed E-state index contributed by atoms with van der Waals surface area (Å²) in [5, 5.41) is 7.55. The summed E-state index contributed by atoms with van der Waals surface area (Å²) in [6.07, 6.45) is 1.94. The van der Waals surface area contributed by atoms with E-state index in [2.05, 4.69) is 25.9 Å². The molecule has 0 rings (SSSR count). The molecule has 15 heteroatoms. The lowest BCUT2D eigenvalue weighted by Gasteiger charge is -2.22. The maximum Gasteiger partial charge on any atom is 0.243 e. The van der Waals surface area contributed by atoms with Crippen LogP contribution in [0.4, 0.5) is 0 Å². The molecule has 0 heterocycles. The van der Waals surface area contributed by atoms with E-state index in [-0.39, 0.29) is 37.2 Å². The van der Waals surface area contributed by atoms with Crippen LogP contribution in [0, 0.1) is 5.92 Å². The number of guanidine groups is 2. The number of carbonyl (C=O) groups excluding carboxylic acids is 4. The molecule has 0 spiro atoms. The fourth-order valence-electron chi connectivity index (χ4n) is 2.95. The second-order valence-corrected chi connectivity index (χ2v) is 8.12. The molecule has 4 atom stereocenters. The van der Waals surface area contributed by atoms with Crippen LogP contribution in [0.1, 0.15) is 46.0 Å². The van der Waals surface area contributed by atoms with Crippen LogP contribution in [-0.4, -0.2) is 73.3 Å². The molecule has 200 valence electrons. The highest BCUT2D eigenvalue weighted by atomic mass is 16.2. The lowest BCUT2D eigenvalue weighted by molar-refractivity contribution is -0.132. The first-order valence-electron chi connectivity index (χ1n) is 11.4. The largest absolute Gasteiger partial charge is 0.370 e. The van der Waals surface area contributed by atoms with Gasteiger partial charge < -0.3 is 50.4 Å². The Hall–Kier alpha value is -3.62. The van der Waals surface area contributed by atoms with Gasteiger partial charge in [0.2, 0.25) is 23.6 Å². The number of carbonyl (C=O) groups is 4. The summed E-state index contributed by atoms with van der Waals surface area (Å²) in [5.74, 6) is -2.75. The third-order valence-corrected chi connectivity index (χ3v) is 5.14. The minimum Gasteiger partial charge on any atom is -0.370 e. The number of hydrogen-bond acceptors (Lipinski definition) is 7. The third-order valence-electron chi connectivity index (χ3n) is 5.14. The molecule has 0 saturated carbocycles. The molecule has 0 unspecified atom stereocenters. The predicted molar refractivity (Wildman–Crippen MR) is 133 cm³/mol. The molecule has 0 aliphatic heterocycles. The van der Waals surface area contributed by atoms with E-state index in [9.17, 15) is 19.2 Å². The Kier molecular flexibility index (Phi) is 15.2. The van der Waals surface area contributed by atoms with Gasteiger partial charge in [-0.2, -0.15) is 0 Å². The quantitative estimate of drug-likeness (QED) is 0.0535. The number of aliphatic imine (C=N–C) groups is 2. The lowest BCUT2D eigenvalue weighted by atomic mass is 9.98. The first kappa shape index (κ1) is 31.4. The molecule has 15 N–H and O–H groups in total. The second kappa shape index (κ2) is 16.9. The molecule has 0 aromatic carbocycles. The monoisotopic (exact) mass is 499 g/mol. The number of primary amides is 1. The van der Waals surface area contributed by atoms with E-state index in [0.29, 0.717) is 25.8 Å². The highest BCUT2D eigenvalue weighted by Crippen LogP contribution is 2.07. The summed E-state index contributed by atoms with van der Waals surface area (Å²) < 4.78 is 0. The van der Waals surface area contributed by atoms with Gasteiger partial charge in [-0.1, -0.05) is 20.3 Å². The van der Waals surface area contributed by atoms with Crippen molar-refractivity contribution in [2.24, 2.45) is 50.3 Å². The lowest BCUT2D eigenvalue weighted by Crippen LogP contribution is -2.54. The van der Waals surface area contributed by atoms with Crippen LogP contribution in [0.3, 0.4) is 0 Å². The highest BCUT2D eigenvalue weighted by Gasteiger charge is 2.26. The molecule has 0 aromatic rings. The summed E-state index contributed by atoms with van der Waals surface area (Å²) in [7, 11) is 0. The maximum atomic E-state index is 12.7. The molecular weight excluding hydrogens is 458 g/mol. The maximum absolute atomic E-state index is 12.7. The van der Waals surface area contributed by atoms with Crippen molar-refractivity contribution in [1.29, 1.82) is 0 Å². The summed E-state index contributed by atoms with van der Waals surface area (Å²) in [6.45, 7) is 3.77. The van der Waals surface area contributed by atoms with E-state index in [1.807, 2.05) is 6.92 Å². The van der Waals surface area contributed by atoms with Gasteiger partial charge in [-0.25, -0.2) is 0 Å². The fourth-order valence-corrected chi connectivity index (χ4v) is 2.95. The van der Waals surface area contributed by atoms with Gasteiger partial charge in [0.25, 0.3) is 0 Å². The minimum absolute atomic E-state index is 0.0594. The van der Waals surface area contributed by atoms with Crippen molar-refractivity contribution in [1.82, 2.24) is 16.0 Å². The number of rotatable bonds is 17. The van der Waals surface area contributed by atoms with Crippen molar-refractivity contribution in [2.75, 3.05) is 19.6 Å². The van der Waals surface area contributed by atoms with Crippen molar-refractivity contribution < 1.29 is 19.2 Å². The number of amides is 4. The predicted octanol–water partition coefficient (Wildman–Crippen LogP) is -3.96. The third kappa shape index (κ3) is 14.3. The zero-order chi connectivity index (χ0) is 27.0. The van der Waals surface area contributed by atoms with E-state index in [1.54, 1.807) is 6.92 Å². The molecule has 15 nitrogen and oxygen atoms in total. The Morgan fingerprint density at radius 1 is 0.829 bits per heavy atom. The minimum atomic E-state index is -0.991. The van der Waals surface area contributed by atoms with Gasteiger partial charge in [0.05, 0.1) is 12.6 Å². The molecule has 0 radical (unpaired) electrons. The topological polar surface area (TPSA) is 285 Å². The van der Waals surface area contributed by atoms with Gasteiger partial charge in [0.1, 0.15) is 12.1 Å². The molecule has 0 saturated heterocycles. The average Bonchev–Trinajstić information content (AvgIpc) is 2.79. The van der Waals surface area contributed by atoms with Crippen molar-refractivity contribution >= 4 is 35.5 Å². The standard InChI is InChI=1S/C20H41N11O4/c1-3-11(2)15(16(22)33)31-14(32)10-29-18(35)13(7-5-9-28-20(25)26)30-17(34)12(21)6-4-8-27-19(23)24/h11-13,15H,3-10,21H2,1-2H3,(H2,22,33)(H,29,35)(H,30,34)(H,31,32)(H4,23,24,27)(H4,25,26,28)/t11-,12-,13-,15-/m0/s1. The van der Waals surface area contributed by atoms with Gasteiger partial charge in [-0.15, -0.1) is 0 Å². The van der Waals surface area contributed by atoms with Crippen LogP contribution < -0.4 is 50.4 Å². The summed E-state index contributed by atoms with van der Waals surface area (Å²) in [5.41, 5.74) is 32.4. The summed E-state index contributed by atoms with van der Waals surface area (Å²) in [4.78, 5) is 56.7. The number of nitrogens with two attached hydrogens (primary N) is 6. The number of nitrogens with zero attached hydrogens (tertiary/aromatic N) is 2.